The van der Waals surface area contributed by atoms with E-state index in [4.69, 9.17) is 11.6 Å². The van der Waals surface area contributed by atoms with Crippen molar-refractivity contribution in [2.75, 3.05) is 6.54 Å². The highest BCUT2D eigenvalue weighted by molar-refractivity contribution is 6.29. The Morgan fingerprint density at radius 1 is 1.35 bits per heavy atom. The number of amides is 1. The Labute approximate surface area is 139 Å². The lowest BCUT2D eigenvalue weighted by Crippen LogP contribution is -2.36. The Hall–Kier alpha value is -1.78. The SMILES string of the molecule is O=C1[C@@H]2CC(Cl)=CC[C@@H]2[C@@H](O)N1CCc1c[nH]c2ccccc12. The summed E-state index contributed by atoms with van der Waals surface area (Å²) in [4.78, 5) is 17.5. The molecule has 4 rings (SSSR count). The third-order valence-electron chi connectivity index (χ3n) is 5.14. The molecule has 2 aliphatic rings. The van der Waals surface area contributed by atoms with E-state index in [2.05, 4.69) is 11.1 Å². The molecule has 120 valence electrons. The Kier molecular flexibility index (Phi) is 3.66. The number of nitrogens with zero attached hydrogens (tertiary/aromatic N) is 1. The van der Waals surface area contributed by atoms with Gasteiger partial charge in [0.15, 0.2) is 0 Å². The number of halogens is 1. The summed E-state index contributed by atoms with van der Waals surface area (Å²) in [6.45, 7) is 0.534. The van der Waals surface area contributed by atoms with Crippen LogP contribution in [0.2, 0.25) is 0 Å². The van der Waals surface area contributed by atoms with Gasteiger partial charge >= 0.3 is 0 Å². The normalized spacial score (nSPS) is 27.4. The molecule has 23 heavy (non-hydrogen) atoms. The average Bonchev–Trinajstić information content (AvgIpc) is 3.06. The number of para-hydroxylation sites is 1. The summed E-state index contributed by atoms with van der Waals surface area (Å²) in [5.74, 6) is -0.146. The first-order chi connectivity index (χ1) is 11.1. The smallest absolute Gasteiger partial charge is 0.228 e. The predicted octanol–water partition coefficient (Wildman–Crippen LogP) is 3.02. The number of benzene rings is 1. The van der Waals surface area contributed by atoms with Crippen molar-refractivity contribution in [1.82, 2.24) is 9.88 Å². The molecule has 0 unspecified atom stereocenters. The van der Waals surface area contributed by atoms with Gasteiger partial charge in [-0.3, -0.25) is 4.79 Å². The molecule has 2 aromatic rings. The minimum atomic E-state index is -0.696. The molecule has 1 saturated heterocycles. The van der Waals surface area contributed by atoms with E-state index in [-0.39, 0.29) is 17.7 Å². The largest absolute Gasteiger partial charge is 0.373 e. The number of aromatic amines is 1. The molecular formula is C18H19ClN2O2. The second-order valence-corrected chi connectivity index (χ2v) is 6.90. The van der Waals surface area contributed by atoms with Gasteiger partial charge in [-0.15, -0.1) is 0 Å². The Morgan fingerprint density at radius 2 is 2.17 bits per heavy atom. The van der Waals surface area contributed by atoms with E-state index in [1.54, 1.807) is 4.90 Å². The van der Waals surface area contributed by atoms with E-state index in [1.165, 1.54) is 10.9 Å². The Morgan fingerprint density at radius 3 is 3.04 bits per heavy atom. The highest BCUT2D eigenvalue weighted by Crippen LogP contribution is 2.41. The first-order valence-corrected chi connectivity index (χ1v) is 8.41. The van der Waals surface area contributed by atoms with Gasteiger partial charge in [-0.1, -0.05) is 35.9 Å². The molecule has 0 radical (unpaired) electrons. The van der Waals surface area contributed by atoms with Gasteiger partial charge in [-0.25, -0.2) is 0 Å². The van der Waals surface area contributed by atoms with E-state index >= 15 is 0 Å². The summed E-state index contributed by atoms with van der Waals surface area (Å²) in [5.41, 5.74) is 2.27. The van der Waals surface area contributed by atoms with Crippen LogP contribution in [0.25, 0.3) is 10.9 Å². The molecule has 1 aromatic carbocycles. The highest BCUT2D eigenvalue weighted by atomic mass is 35.5. The number of H-pyrrole nitrogens is 1. The van der Waals surface area contributed by atoms with E-state index in [1.807, 2.05) is 30.5 Å². The maximum absolute atomic E-state index is 12.6. The molecule has 5 heteroatoms. The molecule has 4 nitrogen and oxygen atoms in total. The second-order valence-electron chi connectivity index (χ2n) is 6.42. The molecule has 0 bridgehead atoms. The summed E-state index contributed by atoms with van der Waals surface area (Å²) >= 11 is 6.07. The highest BCUT2D eigenvalue weighted by Gasteiger charge is 2.47. The zero-order chi connectivity index (χ0) is 16.0. The number of aliphatic hydroxyl groups excluding tert-OH is 1. The van der Waals surface area contributed by atoms with Gasteiger partial charge in [0.1, 0.15) is 6.23 Å². The molecule has 1 aliphatic heterocycles. The van der Waals surface area contributed by atoms with Gasteiger partial charge in [0.05, 0.1) is 5.92 Å². The number of hydrogen-bond acceptors (Lipinski definition) is 2. The second kappa shape index (κ2) is 5.69. The first kappa shape index (κ1) is 14.8. The van der Waals surface area contributed by atoms with Crippen LogP contribution in [0.4, 0.5) is 0 Å². The van der Waals surface area contributed by atoms with Gasteiger partial charge < -0.3 is 15.0 Å². The van der Waals surface area contributed by atoms with Crippen molar-refractivity contribution in [2.45, 2.75) is 25.5 Å². The van der Waals surface area contributed by atoms with Crippen molar-refractivity contribution in [3.05, 3.63) is 47.1 Å². The molecule has 1 aromatic heterocycles. The van der Waals surface area contributed by atoms with Crippen molar-refractivity contribution in [3.63, 3.8) is 0 Å². The molecule has 2 N–H and O–H groups in total. The monoisotopic (exact) mass is 330 g/mol. The number of fused-ring (bicyclic) bond motifs is 2. The van der Waals surface area contributed by atoms with Gasteiger partial charge in [0.2, 0.25) is 5.91 Å². The fourth-order valence-electron chi connectivity index (χ4n) is 3.87. The average molecular weight is 331 g/mol. The van der Waals surface area contributed by atoms with Crippen LogP contribution in [0.5, 0.6) is 0 Å². The fraction of sp³-hybridized carbons (Fsp3) is 0.389. The molecular weight excluding hydrogens is 312 g/mol. The maximum Gasteiger partial charge on any atom is 0.228 e. The van der Waals surface area contributed by atoms with Crippen LogP contribution in [0.15, 0.2) is 41.6 Å². The summed E-state index contributed by atoms with van der Waals surface area (Å²) in [6, 6.07) is 8.12. The molecule has 2 heterocycles. The maximum atomic E-state index is 12.6. The number of allylic oxidation sites excluding steroid dienone is 2. The van der Waals surface area contributed by atoms with Crippen molar-refractivity contribution in [1.29, 1.82) is 0 Å². The summed E-state index contributed by atoms with van der Waals surface area (Å²) in [7, 11) is 0. The number of aliphatic hydroxyl groups is 1. The van der Waals surface area contributed by atoms with E-state index < -0.39 is 6.23 Å². The zero-order valence-electron chi connectivity index (χ0n) is 12.7. The summed E-state index contributed by atoms with van der Waals surface area (Å²) < 4.78 is 0. The van der Waals surface area contributed by atoms with Crippen LogP contribution < -0.4 is 0 Å². The van der Waals surface area contributed by atoms with Gasteiger partial charge in [-0.05, 0) is 30.9 Å². The minimum absolute atomic E-state index is 0.0204. The third-order valence-corrected chi connectivity index (χ3v) is 5.45. The number of aromatic nitrogens is 1. The lowest BCUT2D eigenvalue weighted by atomic mass is 9.84. The first-order valence-electron chi connectivity index (χ1n) is 8.03. The lowest BCUT2D eigenvalue weighted by molar-refractivity contribution is -0.135. The topological polar surface area (TPSA) is 56.3 Å². The zero-order valence-corrected chi connectivity index (χ0v) is 13.5. The number of rotatable bonds is 3. The van der Waals surface area contributed by atoms with Crippen molar-refractivity contribution >= 4 is 28.4 Å². The van der Waals surface area contributed by atoms with E-state index in [0.29, 0.717) is 19.4 Å². The van der Waals surface area contributed by atoms with Crippen molar-refractivity contribution in [2.24, 2.45) is 11.8 Å². The molecule has 1 fully saturated rings. The third kappa shape index (κ3) is 2.46. The van der Waals surface area contributed by atoms with Crippen LogP contribution in [-0.4, -0.2) is 33.7 Å². The van der Waals surface area contributed by atoms with Gasteiger partial charge in [-0.2, -0.15) is 0 Å². The van der Waals surface area contributed by atoms with Crippen LogP contribution >= 0.6 is 11.6 Å². The Bertz CT molecular complexity index is 782. The molecule has 1 aliphatic carbocycles. The predicted molar refractivity (Wildman–Crippen MR) is 89.9 cm³/mol. The molecule has 0 spiro atoms. The number of carbonyl (C=O) groups is 1. The molecule has 0 saturated carbocycles. The van der Waals surface area contributed by atoms with Gasteiger partial charge in [0, 0.05) is 34.6 Å². The summed E-state index contributed by atoms with van der Waals surface area (Å²) in [6.07, 6.45) is 5.20. The number of carbonyl (C=O) groups excluding carboxylic acids is 1. The summed E-state index contributed by atoms with van der Waals surface area (Å²) in [5, 5.41) is 12.4. The van der Waals surface area contributed by atoms with Crippen molar-refractivity contribution in [3.8, 4) is 0 Å². The minimum Gasteiger partial charge on any atom is -0.373 e. The van der Waals surface area contributed by atoms with Crippen LogP contribution in [0, 0.1) is 11.8 Å². The van der Waals surface area contributed by atoms with Gasteiger partial charge in [0.25, 0.3) is 0 Å². The van der Waals surface area contributed by atoms with E-state index in [0.717, 1.165) is 17.0 Å². The van der Waals surface area contributed by atoms with Crippen LogP contribution in [0.1, 0.15) is 18.4 Å². The quantitative estimate of drug-likeness (QED) is 0.909. The Balaban J connectivity index is 1.50. The number of hydrogen-bond donors (Lipinski definition) is 2. The number of nitrogens with one attached hydrogen (secondary N) is 1. The van der Waals surface area contributed by atoms with Crippen LogP contribution in [-0.2, 0) is 11.2 Å². The van der Waals surface area contributed by atoms with Crippen LogP contribution in [0.3, 0.4) is 0 Å². The number of likely N-dealkylation sites (tertiary alicyclic amines) is 1. The lowest BCUT2D eigenvalue weighted by Gasteiger charge is -2.24. The molecule has 1 amide bonds. The standard InChI is InChI=1S/C18H19ClN2O2/c19-12-5-6-14-15(9-12)18(23)21(17(14)22)8-7-11-10-20-16-4-2-1-3-13(11)16/h1-5,10,14-15,17,20,22H,6-9H2/t14-,15+,17+/m0/s1. The van der Waals surface area contributed by atoms with Crippen molar-refractivity contribution < 1.29 is 9.90 Å². The fourth-order valence-corrected chi connectivity index (χ4v) is 4.12. The van der Waals surface area contributed by atoms with E-state index in [9.17, 15) is 9.90 Å². The molecule has 3 atom stereocenters.